The lowest BCUT2D eigenvalue weighted by Gasteiger charge is -2.03. The van der Waals surface area contributed by atoms with Crippen LogP contribution >= 0.6 is 22.6 Å². The summed E-state index contributed by atoms with van der Waals surface area (Å²) >= 11 is 1.79. The molecule has 0 amide bonds. The standard InChI is InChI=1S/C11H10FIO3/c1-2-16-10(15)6-9(14)7-4-3-5-8(13)11(7)12/h3-5H,2,6H2,1H3. The fraction of sp³-hybridized carbons (Fsp3) is 0.273. The van der Waals surface area contributed by atoms with Gasteiger partial charge in [0.1, 0.15) is 12.2 Å². The van der Waals surface area contributed by atoms with Gasteiger partial charge in [-0.15, -0.1) is 0 Å². The highest BCUT2D eigenvalue weighted by molar-refractivity contribution is 14.1. The minimum absolute atomic E-state index is 0.0695. The van der Waals surface area contributed by atoms with Gasteiger partial charge >= 0.3 is 5.97 Å². The molecule has 3 nitrogen and oxygen atoms in total. The first-order chi connectivity index (χ1) is 7.56. The Kier molecular flexibility index (Phi) is 4.85. The van der Waals surface area contributed by atoms with E-state index in [2.05, 4.69) is 4.74 Å². The zero-order valence-electron chi connectivity index (χ0n) is 8.63. The van der Waals surface area contributed by atoms with E-state index >= 15 is 0 Å². The molecule has 0 aliphatic heterocycles. The third kappa shape index (κ3) is 3.26. The summed E-state index contributed by atoms with van der Waals surface area (Å²) in [7, 11) is 0. The van der Waals surface area contributed by atoms with Crippen LogP contribution in [0, 0.1) is 9.39 Å². The maximum atomic E-state index is 13.5. The van der Waals surface area contributed by atoms with Gasteiger partial charge in [0.05, 0.1) is 12.2 Å². The highest BCUT2D eigenvalue weighted by Gasteiger charge is 2.17. The molecule has 0 aliphatic rings. The molecule has 0 unspecified atom stereocenters. The predicted octanol–water partition coefficient (Wildman–Crippen LogP) is 2.57. The lowest BCUT2D eigenvalue weighted by atomic mass is 10.1. The number of Topliss-reactive ketones (excluding diaryl/α,β-unsaturated/α-hetero) is 1. The molecule has 0 atom stereocenters. The molecule has 1 rings (SSSR count). The summed E-state index contributed by atoms with van der Waals surface area (Å²) in [6.45, 7) is 1.86. The van der Waals surface area contributed by atoms with Gasteiger partial charge in [0, 0.05) is 3.57 Å². The van der Waals surface area contributed by atoms with Crippen LogP contribution in [0.3, 0.4) is 0 Å². The summed E-state index contributed by atoms with van der Waals surface area (Å²) in [5.41, 5.74) is -0.0695. The number of hydrogen-bond donors (Lipinski definition) is 0. The third-order valence-electron chi connectivity index (χ3n) is 1.86. The van der Waals surface area contributed by atoms with Crippen LogP contribution in [0.25, 0.3) is 0 Å². The van der Waals surface area contributed by atoms with Gasteiger partial charge < -0.3 is 4.74 Å². The van der Waals surface area contributed by atoms with Crippen LogP contribution in [0.2, 0.25) is 0 Å². The van der Waals surface area contributed by atoms with Crippen LogP contribution in [0.1, 0.15) is 23.7 Å². The van der Waals surface area contributed by atoms with E-state index in [-0.39, 0.29) is 12.2 Å². The lowest BCUT2D eigenvalue weighted by Crippen LogP contribution is -2.13. The van der Waals surface area contributed by atoms with Crippen LogP contribution in [-0.4, -0.2) is 18.4 Å². The topological polar surface area (TPSA) is 43.4 Å². The van der Waals surface area contributed by atoms with Crippen LogP contribution in [0.4, 0.5) is 4.39 Å². The normalized spacial score (nSPS) is 9.94. The molecule has 0 heterocycles. The van der Waals surface area contributed by atoms with E-state index in [1.807, 2.05) is 0 Å². The molecule has 0 spiro atoms. The number of rotatable bonds is 4. The van der Waals surface area contributed by atoms with Crippen molar-refractivity contribution in [1.82, 2.24) is 0 Å². The second-order valence-electron chi connectivity index (χ2n) is 3.01. The molecule has 1 aromatic carbocycles. The Hall–Kier alpha value is -0.980. The van der Waals surface area contributed by atoms with Gasteiger partial charge in [-0.25, -0.2) is 4.39 Å². The number of hydrogen-bond acceptors (Lipinski definition) is 3. The second-order valence-corrected chi connectivity index (χ2v) is 4.17. The maximum Gasteiger partial charge on any atom is 0.313 e. The fourth-order valence-corrected chi connectivity index (χ4v) is 1.66. The van der Waals surface area contributed by atoms with Crippen molar-refractivity contribution in [3.63, 3.8) is 0 Å². The Morgan fingerprint density at radius 1 is 1.44 bits per heavy atom. The van der Waals surface area contributed by atoms with Crippen molar-refractivity contribution in [1.29, 1.82) is 0 Å². The lowest BCUT2D eigenvalue weighted by molar-refractivity contribution is -0.141. The molecular weight excluding hydrogens is 326 g/mol. The smallest absolute Gasteiger partial charge is 0.313 e. The zero-order chi connectivity index (χ0) is 12.1. The van der Waals surface area contributed by atoms with Crippen molar-refractivity contribution in [3.05, 3.63) is 33.1 Å². The van der Waals surface area contributed by atoms with Crippen LogP contribution in [-0.2, 0) is 9.53 Å². The van der Waals surface area contributed by atoms with E-state index in [0.29, 0.717) is 3.57 Å². The molecule has 16 heavy (non-hydrogen) atoms. The molecular formula is C11H10FIO3. The van der Waals surface area contributed by atoms with E-state index in [1.165, 1.54) is 6.07 Å². The van der Waals surface area contributed by atoms with Gasteiger partial charge in [-0.05, 0) is 41.6 Å². The number of esters is 1. The number of carbonyl (C=O) groups excluding carboxylic acids is 2. The fourth-order valence-electron chi connectivity index (χ4n) is 1.16. The van der Waals surface area contributed by atoms with E-state index in [4.69, 9.17) is 0 Å². The Morgan fingerprint density at radius 2 is 2.12 bits per heavy atom. The van der Waals surface area contributed by atoms with Crippen molar-refractivity contribution in [2.45, 2.75) is 13.3 Å². The van der Waals surface area contributed by atoms with Crippen LogP contribution in [0.5, 0.6) is 0 Å². The zero-order valence-corrected chi connectivity index (χ0v) is 10.8. The molecule has 0 aromatic heterocycles. The summed E-state index contributed by atoms with van der Waals surface area (Å²) in [6.07, 6.45) is -0.426. The minimum atomic E-state index is -0.634. The van der Waals surface area contributed by atoms with Gasteiger partial charge in [0.2, 0.25) is 0 Å². The van der Waals surface area contributed by atoms with Crippen molar-refractivity contribution >= 4 is 34.3 Å². The first-order valence-corrected chi connectivity index (χ1v) is 5.77. The molecule has 1 aromatic rings. The third-order valence-corrected chi connectivity index (χ3v) is 2.70. The molecule has 0 aliphatic carbocycles. The number of halogens is 2. The van der Waals surface area contributed by atoms with E-state index in [1.54, 1.807) is 41.6 Å². The summed E-state index contributed by atoms with van der Waals surface area (Å²) in [6, 6.07) is 4.49. The summed E-state index contributed by atoms with van der Waals surface area (Å²) in [5, 5.41) is 0. The van der Waals surface area contributed by atoms with Crippen molar-refractivity contribution in [2.24, 2.45) is 0 Å². The Morgan fingerprint density at radius 3 is 2.75 bits per heavy atom. The quantitative estimate of drug-likeness (QED) is 0.367. The molecule has 0 saturated carbocycles. The van der Waals surface area contributed by atoms with E-state index in [9.17, 15) is 14.0 Å². The van der Waals surface area contributed by atoms with Gasteiger partial charge in [0.15, 0.2) is 5.78 Å². The molecule has 0 radical (unpaired) electrons. The Balaban J connectivity index is 2.81. The summed E-state index contributed by atoms with van der Waals surface area (Å²) in [4.78, 5) is 22.6. The average molecular weight is 336 g/mol. The first kappa shape index (κ1) is 13.1. The van der Waals surface area contributed by atoms with Gasteiger partial charge in [-0.3, -0.25) is 9.59 Å². The monoisotopic (exact) mass is 336 g/mol. The van der Waals surface area contributed by atoms with Gasteiger partial charge in [0.25, 0.3) is 0 Å². The highest BCUT2D eigenvalue weighted by Crippen LogP contribution is 2.16. The van der Waals surface area contributed by atoms with Crippen molar-refractivity contribution in [2.75, 3.05) is 6.61 Å². The van der Waals surface area contributed by atoms with Gasteiger partial charge in [-0.1, -0.05) is 6.07 Å². The molecule has 0 saturated heterocycles. The van der Waals surface area contributed by atoms with Gasteiger partial charge in [-0.2, -0.15) is 0 Å². The summed E-state index contributed by atoms with van der Waals surface area (Å²) < 4.78 is 18.5. The Labute approximate surface area is 106 Å². The SMILES string of the molecule is CCOC(=O)CC(=O)c1cccc(I)c1F. The molecule has 5 heteroatoms. The average Bonchev–Trinajstić information content (AvgIpc) is 2.22. The second kappa shape index (κ2) is 5.93. The Bertz CT molecular complexity index is 418. The molecule has 0 N–H and O–H groups in total. The van der Waals surface area contributed by atoms with Crippen molar-refractivity contribution < 1.29 is 18.7 Å². The maximum absolute atomic E-state index is 13.5. The largest absolute Gasteiger partial charge is 0.466 e. The highest BCUT2D eigenvalue weighted by atomic mass is 127. The number of benzene rings is 1. The first-order valence-electron chi connectivity index (χ1n) is 4.69. The number of ketones is 1. The van der Waals surface area contributed by atoms with E-state index < -0.39 is 24.0 Å². The molecule has 86 valence electrons. The number of ether oxygens (including phenoxy) is 1. The minimum Gasteiger partial charge on any atom is -0.466 e. The molecule has 0 bridgehead atoms. The van der Waals surface area contributed by atoms with Crippen LogP contribution < -0.4 is 0 Å². The van der Waals surface area contributed by atoms with E-state index in [0.717, 1.165) is 0 Å². The summed E-state index contributed by atoms with van der Waals surface area (Å²) in [5.74, 6) is -1.78. The van der Waals surface area contributed by atoms with Crippen LogP contribution in [0.15, 0.2) is 18.2 Å². The predicted molar refractivity (Wildman–Crippen MR) is 64.7 cm³/mol. The number of carbonyl (C=O) groups is 2. The molecule has 0 fully saturated rings. The van der Waals surface area contributed by atoms with Crippen molar-refractivity contribution in [3.8, 4) is 0 Å².